The van der Waals surface area contributed by atoms with E-state index in [0.717, 1.165) is 51.3 Å². The molecule has 1 saturated heterocycles. The topological polar surface area (TPSA) is 61.5 Å². The van der Waals surface area contributed by atoms with Gasteiger partial charge in [-0.25, -0.2) is 4.98 Å². The molecule has 0 unspecified atom stereocenters. The third-order valence-corrected chi connectivity index (χ3v) is 5.37. The number of nitrogens with one attached hydrogen (secondary N) is 1. The van der Waals surface area contributed by atoms with Crippen LogP contribution in [0.1, 0.15) is 42.7 Å². The number of carbonyl (C=O) groups is 1. The molecule has 152 valence electrons. The molecular weight excluding hydrogens is 352 g/mol. The average Bonchev–Trinajstić information content (AvgIpc) is 3.23. The van der Waals surface area contributed by atoms with E-state index in [0.29, 0.717) is 17.5 Å². The van der Waals surface area contributed by atoms with E-state index in [9.17, 15) is 4.79 Å². The highest BCUT2D eigenvalue weighted by atomic mass is 16.5. The molecular formula is C22H32N4O2. The number of rotatable bonds is 8. The number of imidazole rings is 1. The number of amides is 1. The van der Waals surface area contributed by atoms with Gasteiger partial charge in [-0.1, -0.05) is 32.0 Å². The Hall–Kier alpha value is -2.34. The van der Waals surface area contributed by atoms with Gasteiger partial charge in [0.25, 0.3) is 5.91 Å². The zero-order valence-electron chi connectivity index (χ0n) is 17.2. The van der Waals surface area contributed by atoms with Crippen LogP contribution in [0, 0.1) is 11.8 Å². The molecule has 6 heteroatoms. The Morgan fingerprint density at radius 1 is 1.32 bits per heavy atom. The summed E-state index contributed by atoms with van der Waals surface area (Å²) in [6, 6.07) is 8.23. The Morgan fingerprint density at radius 2 is 2.07 bits per heavy atom. The molecule has 1 aliphatic heterocycles. The number of likely N-dealkylation sites (tertiary alicyclic amines) is 1. The first-order chi connectivity index (χ1) is 13.6. The van der Waals surface area contributed by atoms with Crippen LogP contribution < -0.4 is 4.74 Å². The fourth-order valence-corrected chi connectivity index (χ4v) is 3.94. The Bertz CT molecular complexity index is 737. The van der Waals surface area contributed by atoms with Gasteiger partial charge < -0.3 is 14.6 Å². The van der Waals surface area contributed by atoms with Crippen molar-refractivity contribution in [3.63, 3.8) is 0 Å². The van der Waals surface area contributed by atoms with Crippen molar-refractivity contribution in [2.75, 3.05) is 33.3 Å². The minimum absolute atomic E-state index is 0.0580. The van der Waals surface area contributed by atoms with E-state index in [1.807, 2.05) is 17.0 Å². The quantitative estimate of drug-likeness (QED) is 0.757. The number of hydrogen-bond acceptors (Lipinski definition) is 4. The van der Waals surface area contributed by atoms with Crippen LogP contribution in [0.15, 0.2) is 36.8 Å². The average molecular weight is 385 g/mol. The number of ether oxygens (including phenoxy) is 1. The van der Waals surface area contributed by atoms with Crippen LogP contribution in [0.25, 0.3) is 0 Å². The fourth-order valence-electron chi connectivity index (χ4n) is 3.94. The standard InChI is InChI=1S/C22H32N4O2/c1-17(2)13-26(22(27)20-12-23-16-24-20)14-18-8-10-25(11-9-18)15-19-6-4-5-7-21(19)28-3/h4-7,12,16-18H,8-11,13-15H2,1-3H3,(H,23,24). The van der Waals surface area contributed by atoms with Gasteiger partial charge in [-0.15, -0.1) is 0 Å². The highest BCUT2D eigenvalue weighted by Crippen LogP contribution is 2.24. The van der Waals surface area contributed by atoms with Crippen molar-refractivity contribution in [2.24, 2.45) is 11.8 Å². The Balaban J connectivity index is 1.55. The normalized spacial score (nSPS) is 15.7. The number of hydrogen-bond donors (Lipinski definition) is 1. The molecule has 28 heavy (non-hydrogen) atoms. The number of H-pyrrole nitrogens is 1. The van der Waals surface area contributed by atoms with Gasteiger partial charge >= 0.3 is 0 Å². The van der Waals surface area contributed by atoms with Gasteiger partial charge in [0.2, 0.25) is 0 Å². The van der Waals surface area contributed by atoms with Crippen LogP contribution in [0.3, 0.4) is 0 Å². The lowest BCUT2D eigenvalue weighted by atomic mass is 9.95. The van der Waals surface area contributed by atoms with E-state index in [-0.39, 0.29) is 5.91 Å². The Morgan fingerprint density at radius 3 is 2.71 bits per heavy atom. The molecule has 2 heterocycles. The highest BCUT2D eigenvalue weighted by molar-refractivity contribution is 5.92. The molecule has 0 aliphatic carbocycles. The maximum absolute atomic E-state index is 12.8. The van der Waals surface area contributed by atoms with Crippen molar-refractivity contribution in [3.8, 4) is 5.75 Å². The molecule has 2 aromatic rings. The SMILES string of the molecule is COc1ccccc1CN1CCC(CN(CC(C)C)C(=O)c2cnc[nH]2)CC1. The van der Waals surface area contributed by atoms with Crippen molar-refractivity contribution >= 4 is 5.91 Å². The molecule has 1 aromatic carbocycles. The molecule has 0 saturated carbocycles. The lowest BCUT2D eigenvalue weighted by molar-refractivity contribution is 0.0658. The largest absolute Gasteiger partial charge is 0.496 e. The maximum atomic E-state index is 12.8. The summed E-state index contributed by atoms with van der Waals surface area (Å²) in [7, 11) is 1.73. The van der Waals surface area contributed by atoms with Crippen LogP contribution in [-0.4, -0.2) is 59.0 Å². The zero-order valence-corrected chi connectivity index (χ0v) is 17.2. The second-order valence-electron chi connectivity index (χ2n) is 8.10. The maximum Gasteiger partial charge on any atom is 0.271 e. The van der Waals surface area contributed by atoms with E-state index in [1.54, 1.807) is 19.6 Å². The molecule has 6 nitrogen and oxygen atoms in total. The lowest BCUT2D eigenvalue weighted by Gasteiger charge is -2.35. The van der Waals surface area contributed by atoms with E-state index >= 15 is 0 Å². The molecule has 0 bridgehead atoms. The lowest BCUT2D eigenvalue weighted by Crippen LogP contribution is -2.42. The van der Waals surface area contributed by atoms with Crippen LogP contribution in [0.5, 0.6) is 5.75 Å². The van der Waals surface area contributed by atoms with E-state index in [1.165, 1.54) is 5.56 Å². The second-order valence-corrected chi connectivity index (χ2v) is 8.10. The first-order valence-electron chi connectivity index (χ1n) is 10.2. The van der Waals surface area contributed by atoms with Gasteiger partial charge in [0, 0.05) is 25.2 Å². The van der Waals surface area contributed by atoms with Gasteiger partial charge in [-0.05, 0) is 43.8 Å². The van der Waals surface area contributed by atoms with Crippen LogP contribution in [0.2, 0.25) is 0 Å². The number of aromatic nitrogens is 2. The molecule has 1 fully saturated rings. The van der Waals surface area contributed by atoms with Crippen LogP contribution in [0.4, 0.5) is 0 Å². The summed E-state index contributed by atoms with van der Waals surface area (Å²) < 4.78 is 5.48. The van der Waals surface area contributed by atoms with Crippen molar-refractivity contribution in [1.29, 1.82) is 0 Å². The third-order valence-electron chi connectivity index (χ3n) is 5.37. The number of nitrogens with zero attached hydrogens (tertiary/aromatic N) is 3. The number of carbonyl (C=O) groups excluding carboxylic acids is 1. The summed E-state index contributed by atoms with van der Waals surface area (Å²) in [6.07, 6.45) is 5.41. The number of aromatic amines is 1. The van der Waals surface area contributed by atoms with E-state index in [2.05, 4.69) is 40.8 Å². The first-order valence-corrected chi connectivity index (χ1v) is 10.2. The fraction of sp³-hybridized carbons (Fsp3) is 0.545. The van der Waals surface area contributed by atoms with Crippen LogP contribution in [-0.2, 0) is 6.54 Å². The molecule has 1 amide bonds. The molecule has 0 atom stereocenters. The van der Waals surface area contributed by atoms with Gasteiger partial charge in [-0.2, -0.15) is 0 Å². The molecule has 1 aliphatic rings. The van der Waals surface area contributed by atoms with Crippen LogP contribution >= 0.6 is 0 Å². The predicted molar refractivity (Wildman–Crippen MR) is 110 cm³/mol. The van der Waals surface area contributed by atoms with E-state index in [4.69, 9.17) is 4.74 Å². The number of para-hydroxylation sites is 1. The van der Waals surface area contributed by atoms with Gasteiger partial charge in [0.1, 0.15) is 11.4 Å². The summed E-state index contributed by atoms with van der Waals surface area (Å²) in [5, 5.41) is 0. The molecule has 1 aromatic heterocycles. The van der Waals surface area contributed by atoms with Gasteiger partial charge in [0.05, 0.1) is 19.6 Å². The zero-order chi connectivity index (χ0) is 19.9. The third kappa shape index (κ3) is 5.35. The number of piperidine rings is 1. The van der Waals surface area contributed by atoms with Crippen molar-refractivity contribution in [2.45, 2.75) is 33.2 Å². The molecule has 0 spiro atoms. The predicted octanol–water partition coefficient (Wildman–Crippen LogP) is 3.43. The highest BCUT2D eigenvalue weighted by Gasteiger charge is 2.25. The monoisotopic (exact) mass is 384 g/mol. The molecule has 1 N–H and O–H groups in total. The summed E-state index contributed by atoms with van der Waals surface area (Å²) in [5.74, 6) is 2.00. The van der Waals surface area contributed by atoms with Gasteiger partial charge in [-0.3, -0.25) is 9.69 Å². The van der Waals surface area contributed by atoms with E-state index < -0.39 is 0 Å². The van der Waals surface area contributed by atoms with Crippen molar-refractivity contribution in [1.82, 2.24) is 19.8 Å². The van der Waals surface area contributed by atoms with Crippen molar-refractivity contribution < 1.29 is 9.53 Å². The summed E-state index contributed by atoms with van der Waals surface area (Å²) in [6.45, 7) is 8.93. The number of benzene rings is 1. The summed E-state index contributed by atoms with van der Waals surface area (Å²) in [4.78, 5) is 24.3. The minimum atomic E-state index is 0.0580. The van der Waals surface area contributed by atoms with Crippen molar-refractivity contribution in [3.05, 3.63) is 48.0 Å². The summed E-state index contributed by atoms with van der Waals surface area (Å²) >= 11 is 0. The second kappa shape index (κ2) is 9.73. The molecule has 0 radical (unpaired) electrons. The first kappa shape index (κ1) is 20.4. The Kier molecular flexibility index (Phi) is 7.09. The smallest absolute Gasteiger partial charge is 0.271 e. The number of methoxy groups -OCH3 is 1. The van der Waals surface area contributed by atoms with Gasteiger partial charge in [0.15, 0.2) is 0 Å². The Labute approximate surface area is 167 Å². The molecule has 3 rings (SSSR count). The summed E-state index contributed by atoms with van der Waals surface area (Å²) in [5.41, 5.74) is 1.81. The minimum Gasteiger partial charge on any atom is -0.496 e.